The summed E-state index contributed by atoms with van der Waals surface area (Å²) in [6.45, 7) is -0.698. The smallest absolute Gasteiger partial charge is 0.303 e. The van der Waals surface area contributed by atoms with Gasteiger partial charge in [-0.25, -0.2) is 0 Å². The minimum absolute atomic E-state index is 0.698. The Morgan fingerprint density at radius 2 is 1.83 bits per heavy atom. The molecule has 0 amide bonds. The number of hydrogen-bond acceptors (Lipinski definition) is 2. The number of thiol groups is 1. The Hall–Kier alpha value is 0.170. The Labute approximate surface area is 39.9 Å². The Balaban J connectivity index is 3.17. The van der Waals surface area contributed by atoms with Crippen LogP contribution in [0.1, 0.15) is 0 Å². The molecule has 0 radical (unpaired) electrons. The van der Waals surface area contributed by atoms with E-state index in [-0.39, 0.29) is 0 Å². The van der Waals surface area contributed by atoms with Crippen molar-refractivity contribution in [3.63, 3.8) is 0 Å². The number of rotatable bonds is 1. The average molecular weight is 113 g/mol. The molecule has 0 rings (SSSR count). The van der Waals surface area contributed by atoms with Crippen LogP contribution in [0.3, 0.4) is 0 Å². The lowest BCUT2D eigenvalue weighted by molar-refractivity contribution is 0.119. The summed E-state index contributed by atoms with van der Waals surface area (Å²) in [6.07, 6.45) is 0. The van der Waals surface area contributed by atoms with E-state index < -0.39 is 11.8 Å². The normalized spacial score (nSPS) is 12.0. The summed E-state index contributed by atoms with van der Waals surface area (Å²) < 4.78 is 22.4. The van der Waals surface area contributed by atoms with Gasteiger partial charge in [0.15, 0.2) is 0 Å². The molecule has 6 heavy (non-hydrogen) atoms. The monoisotopic (exact) mass is 113 g/mol. The van der Waals surface area contributed by atoms with E-state index in [0.29, 0.717) is 0 Å². The number of hydrogen-bond donors (Lipinski definition) is 2. The molecule has 0 aliphatic heterocycles. The van der Waals surface area contributed by atoms with E-state index in [9.17, 15) is 8.78 Å². The third kappa shape index (κ3) is 4.17. The highest BCUT2D eigenvalue weighted by atomic mass is 32.1. The van der Waals surface area contributed by atoms with Crippen molar-refractivity contribution in [1.29, 1.82) is 0 Å². The lowest BCUT2D eigenvalue weighted by atomic mass is 10.7. The lowest BCUT2D eigenvalue weighted by Crippen LogP contribution is -2.20. The quantitative estimate of drug-likeness (QED) is 0.475. The summed E-state index contributed by atoms with van der Waals surface area (Å²) >= 11 is 2.80. The highest BCUT2D eigenvalue weighted by Crippen LogP contribution is 2.13. The average Bonchev–Trinajstić information content (AvgIpc) is 1.35. The Kier molecular flexibility index (Phi) is 1.80. The summed E-state index contributed by atoms with van der Waals surface area (Å²) in [5.74, 6) is 0. The fourth-order valence-corrected chi connectivity index (χ4v) is 0. The summed E-state index contributed by atoms with van der Waals surface area (Å²) in [5, 5.41) is -2.99. The highest BCUT2D eigenvalue weighted by Gasteiger charge is 2.18. The zero-order valence-electron chi connectivity index (χ0n) is 2.99. The van der Waals surface area contributed by atoms with Gasteiger partial charge in [0.1, 0.15) is 0 Å². The van der Waals surface area contributed by atoms with Crippen molar-refractivity contribution >= 4 is 12.6 Å². The van der Waals surface area contributed by atoms with Crippen LogP contribution < -0.4 is 5.73 Å². The van der Waals surface area contributed by atoms with Crippen LogP contribution in [0.2, 0.25) is 0 Å². The highest BCUT2D eigenvalue weighted by molar-refractivity contribution is 7.81. The molecule has 2 N–H and O–H groups in total. The van der Waals surface area contributed by atoms with E-state index in [0.717, 1.165) is 0 Å². The molecule has 1 nitrogen and oxygen atoms in total. The Morgan fingerprint density at radius 3 is 1.83 bits per heavy atom. The zero-order valence-corrected chi connectivity index (χ0v) is 3.88. The van der Waals surface area contributed by atoms with E-state index in [1.54, 1.807) is 0 Å². The molecular weight excluding hydrogens is 108 g/mol. The first-order valence-electron chi connectivity index (χ1n) is 1.36. The van der Waals surface area contributed by atoms with Crippen LogP contribution in [-0.2, 0) is 0 Å². The summed E-state index contributed by atoms with van der Waals surface area (Å²) in [4.78, 5) is 0. The maximum atomic E-state index is 11.2. The second-order valence-electron chi connectivity index (χ2n) is 0.870. The van der Waals surface area contributed by atoms with E-state index in [1.165, 1.54) is 0 Å². The molecular formula is C2H5F2NS. The molecule has 0 aliphatic rings. The lowest BCUT2D eigenvalue weighted by Gasteiger charge is -2.00. The van der Waals surface area contributed by atoms with Gasteiger partial charge in [0, 0.05) is 0 Å². The Morgan fingerprint density at radius 1 is 1.67 bits per heavy atom. The van der Waals surface area contributed by atoms with Crippen molar-refractivity contribution in [3.05, 3.63) is 0 Å². The molecule has 38 valence electrons. The molecule has 0 saturated carbocycles. The number of halogens is 2. The van der Waals surface area contributed by atoms with Crippen molar-refractivity contribution in [2.45, 2.75) is 5.25 Å². The summed E-state index contributed by atoms with van der Waals surface area (Å²) in [6, 6.07) is 0. The third-order valence-corrected chi connectivity index (χ3v) is 0.428. The Bertz CT molecular complexity index is 41.3. The van der Waals surface area contributed by atoms with Gasteiger partial charge >= 0.3 is 5.25 Å². The molecule has 0 unspecified atom stereocenters. The fraction of sp³-hybridized carbons (Fsp3) is 1.00. The molecule has 0 fully saturated rings. The third-order valence-electron chi connectivity index (χ3n) is 0.246. The first kappa shape index (κ1) is 6.17. The topological polar surface area (TPSA) is 26.0 Å². The van der Waals surface area contributed by atoms with Gasteiger partial charge in [-0.2, -0.15) is 8.78 Å². The van der Waals surface area contributed by atoms with Crippen LogP contribution >= 0.6 is 12.6 Å². The van der Waals surface area contributed by atoms with Crippen LogP contribution in [0.15, 0.2) is 0 Å². The molecule has 0 aromatic carbocycles. The SMILES string of the molecule is NCC(F)(F)S. The second kappa shape index (κ2) is 1.75. The molecule has 0 aliphatic carbocycles. The van der Waals surface area contributed by atoms with Gasteiger partial charge < -0.3 is 5.73 Å². The maximum Gasteiger partial charge on any atom is 0.303 e. The second-order valence-corrected chi connectivity index (χ2v) is 1.52. The van der Waals surface area contributed by atoms with Gasteiger partial charge in [-0.3, -0.25) is 0 Å². The van der Waals surface area contributed by atoms with Crippen molar-refractivity contribution in [1.82, 2.24) is 0 Å². The molecule has 4 heteroatoms. The predicted octanol–water partition coefficient (Wildman–Crippen LogP) is 0.468. The largest absolute Gasteiger partial charge is 0.324 e. The number of nitrogens with two attached hydrogens (primary N) is 1. The number of alkyl halides is 2. The summed E-state index contributed by atoms with van der Waals surface area (Å²) in [7, 11) is 0. The van der Waals surface area contributed by atoms with Crippen LogP contribution in [-0.4, -0.2) is 11.8 Å². The van der Waals surface area contributed by atoms with E-state index in [4.69, 9.17) is 0 Å². The van der Waals surface area contributed by atoms with Gasteiger partial charge in [-0.1, -0.05) is 0 Å². The van der Waals surface area contributed by atoms with Crippen molar-refractivity contribution < 1.29 is 8.78 Å². The molecule has 0 aromatic rings. The van der Waals surface area contributed by atoms with E-state index in [1.807, 2.05) is 0 Å². The minimum Gasteiger partial charge on any atom is -0.324 e. The summed E-state index contributed by atoms with van der Waals surface area (Å²) in [5.41, 5.74) is 4.48. The van der Waals surface area contributed by atoms with Crippen molar-refractivity contribution in [3.8, 4) is 0 Å². The van der Waals surface area contributed by atoms with Crippen molar-refractivity contribution in [2.75, 3.05) is 6.54 Å². The fourth-order valence-electron chi connectivity index (χ4n) is 0. The van der Waals surface area contributed by atoms with E-state index in [2.05, 4.69) is 18.4 Å². The first-order valence-corrected chi connectivity index (χ1v) is 1.81. The minimum atomic E-state index is -2.99. The van der Waals surface area contributed by atoms with Gasteiger partial charge in [-0.05, 0) is 0 Å². The van der Waals surface area contributed by atoms with Crippen LogP contribution in [0.25, 0.3) is 0 Å². The maximum absolute atomic E-state index is 11.2. The first-order chi connectivity index (χ1) is 2.56. The van der Waals surface area contributed by atoms with Gasteiger partial charge in [-0.15, -0.1) is 12.6 Å². The van der Waals surface area contributed by atoms with Gasteiger partial charge in [0.25, 0.3) is 0 Å². The molecule has 0 atom stereocenters. The zero-order chi connectivity index (χ0) is 5.21. The van der Waals surface area contributed by atoms with Gasteiger partial charge in [0.05, 0.1) is 6.54 Å². The molecule has 0 spiro atoms. The van der Waals surface area contributed by atoms with Crippen LogP contribution in [0, 0.1) is 0 Å². The standard InChI is InChI=1S/C2H5F2NS/c3-2(4,6)1-5/h6H,1,5H2. The molecule has 0 aromatic heterocycles. The molecule has 0 bridgehead atoms. The van der Waals surface area contributed by atoms with Gasteiger partial charge in [0.2, 0.25) is 0 Å². The van der Waals surface area contributed by atoms with Crippen molar-refractivity contribution in [2.24, 2.45) is 5.73 Å². The molecule has 0 heterocycles. The molecule has 0 saturated heterocycles. The van der Waals surface area contributed by atoms with Crippen LogP contribution in [0.4, 0.5) is 8.78 Å². The predicted molar refractivity (Wildman–Crippen MR) is 23.0 cm³/mol. The van der Waals surface area contributed by atoms with E-state index >= 15 is 0 Å². The van der Waals surface area contributed by atoms with Crippen LogP contribution in [0.5, 0.6) is 0 Å².